The summed E-state index contributed by atoms with van der Waals surface area (Å²) in [5.41, 5.74) is 6.94. The first-order valence-corrected chi connectivity index (χ1v) is 5.67. The van der Waals surface area contributed by atoms with Crippen LogP contribution in [-0.2, 0) is 13.0 Å². The van der Waals surface area contributed by atoms with E-state index in [1.165, 1.54) is 16.6 Å². The summed E-state index contributed by atoms with van der Waals surface area (Å²) in [7, 11) is 0. The first-order valence-electron chi connectivity index (χ1n) is 4.68. The van der Waals surface area contributed by atoms with Gasteiger partial charge in [-0.2, -0.15) is 0 Å². The molecule has 13 heavy (non-hydrogen) atoms. The third-order valence-electron chi connectivity index (χ3n) is 2.41. The van der Waals surface area contributed by atoms with Gasteiger partial charge in [-0.3, -0.25) is 0 Å². The van der Waals surface area contributed by atoms with Crippen LogP contribution in [0, 0.1) is 5.92 Å². The summed E-state index contributed by atoms with van der Waals surface area (Å²) in [6.45, 7) is 4.06. The van der Waals surface area contributed by atoms with Crippen molar-refractivity contribution in [3.8, 4) is 0 Å². The van der Waals surface area contributed by atoms with E-state index in [0.29, 0.717) is 5.92 Å². The summed E-state index contributed by atoms with van der Waals surface area (Å²) in [5.74, 6) is 1.74. The molecule has 0 fully saturated rings. The first kappa shape index (κ1) is 9.09. The highest BCUT2D eigenvalue weighted by Gasteiger charge is 2.16. The molecule has 0 aliphatic carbocycles. The molecule has 1 aromatic rings. The van der Waals surface area contributed by atoms with Gasteiger partial charge in [0.15, 0.2) is 5.16 Å². The van der Waals surface area contributed by atoms with Crippen molar-refractivity contribution < 1.29 is 0 Å². The third-order valence-corrected chi connectivity index (χ3v) is 3.38. The molecule has 4 heteroatoms. The quantitative estimate of drug-likeness (QED) is 0.790. The van der Waals surface area contributed by atoms with E-state index in [-0.39, 0.29) is 0 Å². The molecule has 1 aliphatic rings. The summed E-state index contributed by atoms with van der Waals surface area (Å²) in [6, 6.07) is 0. The molecule has 1 unspecified atom stereocenters. The zero-order valence-corrected chi connectivity index (χ0v) is 8.68. The third kappa shape index (κ3) is 1.74. The fourth-order valence-electron chi connectivity index (χ4n) is 1.58. The van der Waals surface area contributed by atoms with Crippen molar-refractivity contribution in [2.45, 2.75) is 25.0 Å². The van der Waals surface area contributed by atoms with Crippen LogP contribution in [0.5, 0.6) is 0 Å². The molecule has 2 N–H and O–H groups in total. The van der Waals surface area contributed by atoms with Crippen LogP contribution >= 0.6 is 11.8 Å². The molecule has 1 atom stereocenters. The number of hydrogen-bond donors (Lipinski definition) is 1. The van der Waals surface area contributed by atoms with Crippen LogP contribution in [0.4, 0.5) is 0 Å². The summed E-state index contributed by atoms with van der Waals surface area (Å²) >= 11 is 1.84. The summed E-state index contributed by atoms with van der Waals surface area (Å²) < 4.78 is 2.32. The molecule has 0 saturated heterocycles. The average molecular weight is 197 g/mol. The van der Waals surface area contributed by atoms with Crippen LogP contribution in [0.25, 0.3) is 0 Å². The van der Waals surface area contributed by atoms with Gasteiger partial charge in [-0.15, -0.1) is 0 Å². The molecule has 2 heterocycles. The van der Waals surface area contributed by atoms with Crippen LogP contribution in [0.15, 0.2) is 11.4 Å². The topological polar surface area (TPSA) is 43.8 Å². The van der Waals surface area contributed by atoms with E-state index >= 15 is 0 Å². The molecule has 2 rings (SSSR count). The van der Waals surface area contributed by atoms with Crippen LogP contribution in [-0.4, -0.2) is 21.8 Å². The Morgan fingerprint density at radius 3 is 3.38 bits per heavy atom. The lowest BCUT2D eigenvalue weighted by molar-refractivity contribution is 0.554. The SMILES string of the molecule is CC(CN)Cc1cnc2n1CCS2. The Hall–Kier alpha value is -0.480. The van der Waals surface area contributed by atoms with E-state index < -0.39 is 0 Å². The van der Waals surface area contributed by atoms with Gasteiger partial charge in [-0.05, 0) is 18.9 Å². The zero-order valence-electron chi connectivity index (χ0n) is 7.86. The fourth-order valence-corrected chi connectivity index (χ4v) is 2.53. The van der Waals surface area contributed by atoms with Crippen molar-refractivity contribution in [1.29, 1.82) is 0 Å². The van der Waals surface area contributed by atoms with Gasteiger partial charge < -0.3 is 10.3 Å². The van der Waals surface area contributed by atoms with Crippen molar-refractivity contribution in [1.82, 2.24) is 9.55 Å². The zero-order chi connectivity index (χ0) is 9.26. The molecule has 1 aromatic heterocycles. The monoisotopic (exact) mass is 197 g/mol. The number of nitrogens with two attached hydrogens (primary N) is 1. The van der Waals surface area contributed by atoms with Gasteiger partial charge >= 0.3 is 0 Å². The minimum absolute atomic E-state index is 0.561. The maximum absolute atomic E-state index is 5.60. The van der Waals surface area contributed by atoms with Crippen molar-refractivity contribution >= 4 is 11.8 Å². The van der Waals surface area contributed by atoms with Gasteiger partial charge in [0, 0.05) is 24.2 Å². The summed E-state index contributed by atoms with van der Waals surface area (Å²) in [4.78, 5) is 4.37. The van der Waals surface area contributed by atoms with Crippen molar-refractivity contribution in [3.63, 3.8) is 0 Å². The van der Waals surface area contributed by atoms with Crippen LogP contribution in [0.3, 0.4) is 0 Å². The number of imidazole rings is 1. The average Bonchev–Trinajstić information content (AvgIpc) is 2.69. The molecule has 0 spiro atoms. The molecule has 0 bridgehead atoms. The summed E-state index contributed by atoms with van der Waals surface area (Å²) in [5, 5.41) is 1.18. The number of rotatable bonds is 3. The second kappa shape index (κ2) is 3.72. The molecule has 0 radical (unpaired) electrons. The fraction of sp³-hybridized carbons (Fsp3) is 0.667. The molecule has 72 valence electrons. The molecule has 0 aromatic carbocycles. The van der Waals surface area contributed by atoms with E-state index in [1.807, 2.05) is 18.0 Å². The molecular weight excluding hydrogens is 182 g/mol. The van der Waals surface area contributed by atoms with Crippen molar-refractivity contribution in [2.75, 3.05) is 12.3 Å². The normalized spacial score (nSPS) is 17.4. The Morgan fingerprint density at radius 2 is 2.62 bits per heavy atom. The first-order chi connectivity index (χ1) is 6.31. The van der Waals surface area contributed by atoms with Gasteiger partial charge in [0.1, 0.15) is 0 Å². The lowest BCUT2D eigenvalue weighted by atomic mass is 10.1. The largest absolute Gasteiger partial charge is 0.330 e. The second-order valence-corrected chi connectivity index (χ2v) is 4.64. The van der Waals surface area contributed by atoms with Crippen molar-refractivity contribution in [2.24, 2.45) is 11.7 Å². The lowest BCUT2D eigenvalue weighted by Crippen LogP contribution is -2.15. The maximum Gasteiger partial charge on any atom is 0.168 e. The Morgan fingerprint density at radius 1 is 1.77 bits per heavy atom. The Labute approximate surface area is 82.7 Å². The van der Waals surface area contributed by atoms with E-state index in [2.05, 4.69) is 16.5 Å². The van der Waals surface area contributed by atoms with E-state index in [9.17, 15) is 0 Å². The minimum Gasteiger partial charge on any atom is -0.330 e. The number of aromatic nitrogens is 2. The second-order valence-electron chi connectivity index (χ2n) is 3.58. The van der Waals surface area contributed by atoms with E-state index in [1.54, 1.807) is 0 Å². The van der Waals surface area contributed by atoms with Crippen LogP contribution in [0.1, 0.15) is 12.6 Å². The maximum atomic E-state index is 5.60. The highest BCUT2D eigenvalue weighted by molar-refractivity contribution is 7.99. The molecule has 3 nitrogen and oxygen atoms in total. The minimum atomic E-state index is 0.561. The van der Waals surface area contributed by atoms with Gasteiger partial charge in [0.2, 0.25) is 0 Å². The van der Waals surface area contributed by atoms with Gasteiger partial charge in [0.05, 0.1) is 0 Å². The van der Waals surface area contributed by atoms with E-state index in [0.717, 1.165) is 19.5 Å². The molecule has 0 amide bonds. The Bertz CT molecular complexity index is 295. The van der Waals surface area contributed by atoms with Crippen LogP contribution in [0.2, 0.25) is 0 Å². The van der Waals surface area contributed by atoms with Gasteiger partial charge in [-0.1, -0.05) is 18.7 Å². The predicted octanol–water partition coefficient (Wildman–Crippen LogP) is 1.13. The predicted molar refractivity (Wildman–Crippen MR) is 54.9 cm³/mol. The highest BCUT2D eigenvalue weighted by Crippen LogP contribution is 2.26. The van der Waals surface area contributed by atoms with Gasteiger partial charge in [0.25, 0.3) is 0 Å². The standard InChI is InChI=1S/C9H15N3S/c1-7(5-10)4-8-6-11-9-12(8)2-3-13-9/h6-7H,2-5,10H2,1H3. The highest BCUT2D eigenvalue weighted by atomic mass is 32.2. The Balaban J connectivity index is 2.12. The molecule has 0 saturated carbocycles. The number of thioether (sulfide) groups is 1. The van der Waals surface area contributed by atoms with Gasteiger partial charge in [-0.25, -0.2) is 4.98 Å². The number of nitrogens with zero attached hydrogens (tertiary/aromatic N) is 2. The lowest BCUT2D eigenvalue weighted by Gasteiger charge is -2.08. The smallest absolute Gasteiger partial charge is 0.168 e. The van der Waals surface area contributed by atoms with Crippen LogP contribution < -0.4 is 5.73 Å². The number of hydrogen-bond acceptors (Lipinski definition) is 3. The summed E-state index contributed by atoms with van der Waals surface area (Å²) in [6.07, 6.45) is 3.05. The molecule has 1 aliphatic heterocycles. The van der Waals surface area contributed by atoms with E-state index in [4.69, 9.17) is 5.73 Å². The Kier molecular flexibility index (Phi) is 2.60. The number of fused-ring (bicyclic) bond motifs is 1. The van der Waals surface area contributed by atoms with Crippen molar-refractivity contribution in [3.05, 3.63) is 11.9 Å². The molecular formula is C9H15N3S.